The molecule has 0 aromatic carbocycles. The summed E-state index contributed by atoms with van der Waals surface area (Å²) >= 11 is 0. The first kappa shape index (κ1) is 29.8. The lowest BCUT2D eigenvalue weighted by Gasteiger charge is -2.23. The molecular weight excluding hydrogens is 530 g/mol. The van der Waals surface area contributed by atoms with Crippen molar-refractivity contribution in [1.82, 2.24) is 20.4 Å². The van der Waals surface area contributed by atoms with Crippen LogP contribution in [0.5, 0.6) is 0 Å². The molecular formula is C29H37N5O7. The van der Waals surface area contributed by atoms with Gasteiger partial charge >= 0.3 is 5.97 Å². The summed E-state index contributed by atoms with van der Waals surface area (Å²) in [5.74, 6) is -1.53. The van der Waals surface area contributed by atoms with E-state index in [1.165, 1.54) is 29.0 Å². The van der Waals surface area contributed by atoms with E-state index in [1.54, 1.807) is 26.0 Å². The van der Waals surface area contributed by atoms with Crippen molar-refractivity contribution in [3.63, 3.8) is 0 Å². The topological polar surface area (TPSA) is 162 Å². The number of carbonyl (C=O) groups excluding carboxylic acids is 4. The average molecular weight is 568 g/mol. The largest absolute Gasteiger partial charge is 0.459 e. The molecule has 1 saturated carbocycles. The molecule has 12 nitrogen and oxygen atoms in total. The highest BCUT2D eigenvalue weighted by molar-refractivity contribution is 6.02. The van der Waals surface area contributed by atoms with Crippen LogP contribution in [-0.2, 0) is 19.1 Å². The first-order chi connectivity index (χ1) is 19.7. The number of nitrogens with one attached hydrogen (secondary N) is 3. The van der Waals surface area contributed by atoms with E-state index in [1.807, 2.05) is 0 Å². The number of pyridine rings is 1. The summed E-state index contributed by atoms with van der Waals surface area (Å²) in [5.41, 5.74) is -0.565. The van der Waals surface area contributed by atoms with Gasteiger partial charge in [0.2, 0.25) is 11.8 Å². The second-order valence-electron chi connectivity index (χ2n) is 10.5. The Morgan fingerprint density at radius 3 is 2.66 bits per heavy atom. The minimum atomic E-state index is -0.906. The molecule has 3 atom stereocenters. The maximum Gasteiger partial charge on any atom is 0.330 e. The van der Waals surface area contributed by atoms with Gasteiger partial charge in [-0.05, 0) is 64.0 Å². The molecule has 2 aromatic rings. The van der Waals surface area contributed by atoms with Gasteiger partial charge < -0.3 is 29.8 Å². The van der Waals surface area contributed by atoms with E-state index >= 15 is 0 Å². The van der Waals surface area contributed by atoms with Crippen LogP contribution in [-0.4, -0.2) is 52.1 Å². The van der Waals surface area contributed by atoms with Crippen LogP contribution in [0.2, 0.25) is 0 Å². The second kappa shape index (κ2) is 13.9. The van der Waals surface area contributed by atoms with Gasteiger partial charge in [0.15, 0.2) is 5.69 Å². The summed E-state index contributed by atoms with van der Waals surface area (Å²) in [6.07, 6.45) is 10.3. The van der Waals surface area contributed by atoms with Gasteiger partial charge in [0.1, 0.15) is 23.6 Å². The highest BCUT2D eigenvalue weighted by Gasteiger charge is 2.29. The van der Waals surface area contributed by atoms with Crippen molar-refractivity contribution < 1.29 is 28.4 Å². The number of esters is 1. The van der Waals surface area contributed by atoms with E-state index in [2.05, 4.69) is 21.1 Å². The van der Waals surface area contributed by atoms with Gasteiger partial charge in [-0.15, -0.1) is 0 Å². The summed E-state index contributed by atoms with van der Waals surface area (Å²) in [6.45, 7) is 3.96. The number of carbonyl (C=O) groups is 4. The van der Waals surface area contributed by atoms with Crippen LogP contribution in [0, 0.1) is 12.8 Å². The number of rotatable bonds is 11. The molecule has 3 heterocycles. The Balaban J connectivity index is 1.48. The Hall–Kier alpha value is -4.22. The zero-order chi connectivity index (χ0) is 29.4. The predicted molar refractivity (Wildman–Crippen MR) is 149 cm³/mol. The summed E-state index contributed by atoms with van der Waals surface area (Å²) in [6, 6.07) is 2.90. The van der Waals surface area contributed by atoms with Gasteiger partial charge in [0.05, 0.1) is 0 Å². The molecule has 220 valence electrons. The van der Waals surface area contributed by atoms with Crippen molar-refractivity contribution in [2.75, 3.05) is 11.9 Å². The third-order valence-electron chi connectivity index (χ3n) is 7.44. The molecule has 2 fully saturated rings. The lowest BCUT2D eigenvalue weighted by molar-refractivity contribution is -0.144. The monoisotopic (exact) mass is 567 g/mol. The molecule has 4 rings (SSSR count). The number of anilines is 1. The standard InChI is InChI=1S/C29H37N5O7/c1-3-24(34-15-7-10-22(29(34)39)32-27(37)23-16-18(2)41-33-23)28(38)31-20(17-19-13-14-30-26(19)36)11-12-25(35)40-21-8-5-4-6-9-21/h7,10-12,15-16,19-21,24H,3-6,8-9,13-14,17H2,1-2H3,(H,30,36)(H,31,38)(H,32,37). The highest BCUT2D eigenvalue weighted by atomic mass is 16.5. The highest BCUT2D eigenvalue weighted by Crippen LogP contribution is 2.21. The number of amides is 3. The number of aryl methyl sites for hydroxylation is 1. The van der Waals surface area contributed by atoms with Crippen LogP contribution in [0.15, 0.2) is 45.9 Å². The normalized spacial score (nSPS) is 19.0. The zero-order valence-electron chi connectivity index (χ0n) is 23.4. The Kier molecular flexibility index (Phi) is 10.1. The molecule has 1 aliphatic heterocycles. The van der Waals surface area contributed by atoms with Crippen molar-refractivity contribution in [3.05, 3.63) is 58.4 Å². The Bertz CT molecular complexity index is 1340. The second-order valence-corrected chi connectivity index (χ2v) is 10.5. The van der Waals surface area contributed by atoms with Gasteiger partial charge in [-0.1, -0.05) is 24.6 Å². The molecule has 3 unspecified atom stereocenters. The lowest BCUT2D eigenvalue weighted by Crippen LogP contribution is -2.43. The Labute approximate surface area is 237 Å². The van der Waals surface area contributed by atoms with Gasteiger partial charge in [-0.2, -0.15) is 0 Å². The number of hydrogen-bond donors (Lipinski definition) is 3. The van der Waals surface area contributed by atoms with Crippen molar-refractivity contribution in [2.24, 2.45) is 5.92 Å². The SMILES string of the molecule is CCC(C(=O)NC(C=CC(=O)OC1CCCCC1)CC1CCNC1=O)n1cccc(NC(=O)c2cc(C)on2)c1=O. The smallest absolute Gasteiger partial charge is 0.330 e. The van der Waals surface area contributed by atoms with Crippen molar-refractivity contribution in [3.8, 4) is 0 Å². The molecule has 2 aromatic heterocycles. The number of nitrogens with zero attached hydrogens (tertiary/aromatic N) is 2. The van der Waals surface area contributed by atoms with Crippen LogP contribution in [0.4, 0.5) is 5.69 Å². The van der Waals surface area contributed by atoms with Crippen LogP contribution in [0.25, 0.3) is 0 Å². The van der Waals surface area contributed by atoms with Gasteiger partial charge in [-0.3, -0.25) is 19.2 Å². The third kappa shape index (κ3) is 7.92. The van der Waals surface area contributed by atoms with Gasteiger partial charge in [0, 0.05) is 36.8 Å². The van der Waals surface area contributed by atoms with Crippen LogP contribution in [0.1, 0.15) is 80.6 Å². The number of hydrogen-bond acceptors (Lipinski definition) is 8. The van der Waals surface area contributed by atoms with Crippen molar-refractivity contribution >= 4 is 29.4 Å². The van der Waals surface area contributed by atoms with E-state index in [4.69, 9.17) is 9.26 Å². The first-order valence-electron chi connectivity index (χ1n) is 14.2. The van der Waals surface area contributed by atoms with E-state index < -0.39 is 35.4 Å². The summed E-state index contributed by atoms with van der Waals surface area (Å²) in [5, 5.41) is 11.9. The molecule has 12 heteroatoms. The van der Waals surface area contributed by atoms with E-state index in [0.29, 0.717) is 25.1 Å². The van der Waals surface area contributed by atoms with E-state index in [-0.39, 0.29) is 35.7 Å². The molecule has 0 radical (unpaired) electrons. The third-order valence-corrected chi connectivity index (χ3v) is 7.44. The molecule has 41 heavy (non-hydrogen) atoms. The summed E-state index contributed by atoms with van der Waals surface area (Å²) < 4.78 is 11.7. The average Bonchev–Trinajstić information content (AvgIpc) is 3.58. The maximum atomic E-state index is 13.5. The minimum absolute atomic E-state index is 0.0195. The fraction of sp³-hybridized carbons (Fsp3) is 0.517. The molecule has 0 spiro atoms. The molecule has 1 saturated heterocycles. The lowest BCUT2D eigenvalue weighted by atomic mass is 9.97. The Morgan fingerprint density at radius 1 is 1.22 bits per heavy atom. The van der Waals surface area contributed by atoms with Gasteiger partial charge in [-0.25, -0.2) is 4.79 Å². The quantitative estimate of drug-likeness (QED) is 0.276. The van der Waals surface area contributed by atoms with Crippen LogP contribution < -0.4 is 21.5 Å². The zero-order valence-corrected chi connectivity index (χ0v) is 23.4. The fourth-order valence-corrected chi connectivity index (χ4v) is 5.24. The van der Waals surface area contributed by atoms with E-state index in [9.17, 15) is 24.0 Å². The predicted octanol–water partition coefficient (Wildman–Crippen LogP) is 2.79. The first-order valence-corrected chi connectivity index (χ1v) is 14.2. The Morgan fingerprint density at radius 2 is 2.00 bits per heavy atom. The molecule has 0 bridgehead atoms. The fourth-order valence-electron chi connectivity index (χ4n) is 5.24. The maximum absolute atomic E-state index is 13.5. The number of aromatic nitrogens is 2. The molecule has 2 aliphatic rings. The van der Waals surface area contributed by atoms with Gasteiger partial charge in [0.25, 0.3) is 11.5 Å². The molecule has 3 N–H and O–H groups in total. The van der Waals surface area contributed by atoms with Crippen LogP contribution in [0.3, 0.4) is 0 Å². The molecule has 3 amide bonds. The van der Waals surface area contributed by atoms with Crippen molar-refractivity contribution in [1.29, 1.82) is 0 Å². The summed E-state index contributed by atoms with van der Waals surface area (Å²) in [4.78, 5) is 64.0. The number of ether oxygens (including phenoxy) is 1. The van der Waals surface area contributed by atoms with Crippen molar-refractivity contribution in [2.45, 2.75) is 83.4 Å². The summed E-state index contributed by atoms with van der Waals surface area (Å²) in [7, 11) is 0. The van der Waals surface area contributed by atoms with E-state index in [0.717, 1.165) is 32.1 Å². The minimum Gasteiger partial charge on any atom is -0.459 e. The van der Waals surface area contributed by atoms with Crippen LogP contribution >= 0.6 is 0 Å². The molecule has 1 aliphatic carbocycles.